The molecule has 0 radical (unpaired) electrons. The van der Waals surface area contributed by atoms with E-state index in [2.05, 4.69) is 26.3 Å². The second kappa shape index (κ2) is 23.2. The quantitative estimate of drug-likeness (QED) is 0.0589. The number of ether oxygens (including phenoxy) is 4. The predicted molar refractivity (Wildman–Crippen MR) is 233 cm³/mol. The van der Waals surface area contributed by atoms with Crippen molar-refractivity contribution in [1.29, 1.82) is 0 Å². The Morgan fingerprint density at radius 1 is 0.661 bits per heavy atom. The van der Waals surface area contributed by atoms with E-state index in [1.165, 1.54) is 0 Å². The normalized spacial score (nSPS) is 14.1. The molecule has 0 aliphatic carbocycles. The molecule has 1 unspecified atom stereocenters. The molecule has 15 nitrogen and oxygen atoms in total. The summed E-state index contributed by atoms with van der Waals surface area (Å²) in [5.41, 5.74) is 2.32. The molecular weight excluding hydrogens is 793 g/mol. The highest BCUT2D eigenvalue weighted by Gasteiger charge is 2.31. The Hall–Kier alpha value is -6.90. The van der Waals surface area contributed by atoms with Crippen molar-refractivity contribution in [1.82, 2.24) is 26.2 Å². The number of hydrogen-bond acceptors (Lipinski definition) is 9. The summed E-state index contributed by atoms with van der Waals surface area (Å²) in [6, 6.07) is 32.4. The highest BCUT2D eigenvalue weighted by molar-refractivity contribution is 5.99. The summed E-state index contributed by atoms with van der Waals surface area (Å²) in [5.74, 6) is -0.360. The van der Waals surface area contributed by atoms with Gasteiger partial charge in [0, 0.05) is 32.0 Å². The Bertz CT molecular complexity index is 2090. The van der Waals surface area contributed by atoms with E-state index < -0.39 is 47.8 Å². The van der Waals surface area contributed by atoms with Gasteiger partial charge in [-0.25, -0.2) is 14.4 Å². The van der Waals surface area contributed by atoms with Crippen molar-refractivity contribution in [2.24, 2.45) is 4.99 Å². The molecule has 5 rings (SSSR count). The molecule has 4 aromatic carbocycles. The zero-order valence-electron chi connectivity index (χ0n) is 35.6. The number of alkyl carbamates (subject to hydrolysis) is 2. The minimum absolute atomic E-state index is 0.00653. The summed E-state index contributed by atoms with van der Waals surface area (Å²) < 4.78 is 21.8. The van der Waals surface area contributed by atoms with Crippen LogP contribution in [0.3, 0.4) is 0 Å². The number of rotatable bonds is 15. The minimum Gasteiger partial charge on any atom is -0.494 e. The SMILES string of the molecule is CCOc1ccc(CC(NC(=O)OC(C)(C)C)C(=O)N[C@H](Cc2ccccc2)C(=O)NC2CCN(C(=NC(=O)OCc3ccccc3)NC(=O)OCc3ccccc3)CC2)cc1. The Kier molecular flexibility index (Phi) is 17.3. The van der Waals surface area contributed by atoms with Gasteiger partial charge in [0.2, 0.25) is 17.8 Å². The lowest BCUT2D eigenvalue weighted by atomic mass is 10.0. The number of piperidine rings is 1. The summed E-state index contributed by atoms with van der Waals surface area (Å²) in [6.07, 6.45) is -1.35. The van der Waals surface area contributed by atoms with Gasteiger partial charge in [0.1, 0.15) is 36.6 Å². The molecule has 1 aliphatic rings. The fourth-order valence-electron chi connectivity index (χ4n) is 6.52. The first-order valence-electron chi connectivity index (χ1n) is 20.7. The van der Waals surface area contributed by atoms with Crippen LogP contribution in [0.2, 0.25) is 0 Å². The number of amides is 5. The van der Waals surface area contributed by atoms with Crippen LogP contribution in [0.1, 0.15) is 62.8 Å². The van der Waals surface area contributed by atoms with Crippen molar-refractivity contribution in [3.63, 3.8) is 0 Å². The maximum atomic E-state index is 14.1. The van der Waals surface area contributed by atoms with Crippen LogP contribution in [0.5, 0.6) is 5.75 Å². The molecule has 5 amide bonds. The van der Waals surface area contributed by atoms with Gasteiger partial charge in [0.05, 0.1) is 6.61 Å². The third kappa shape index (κ3) is 15.9. The second-order valence-electron chi connectivity index (χ2n) is 15.7. The van der Waals surface area contributed by atoms with E-state index in [1.54, 1.807) is 37.8 Å². The highest BCUT2D eigenvalue weighted by Crippen LogP contribution is 2.16. The highest BCUT2D eigenvalue weighted by atomic mass is 16.6. The Labute approximate surface area is 362 Å². The second-order valence-corrected chi connectivity index (χ2v) is 15.7. The van der Waals surface area contributed by atoms with E-state index in [4.69, 9.17) is 18.9 Å². The number of hydrogen-bond donors (Lipinski definition) is 4. The molecule has 2 atom stereocenters. The zero-order chi connectivity index (χ0) is 44.3. The molecule has 1 aliphatic heterocycles. The van der Waals surface area contributed by atoms with Crippen molar-refractivity contribution < 1.29 is 42.9 Å². The van der Waals surface area contributed by atoms with Gasteiger partial charge < -0.3 is 39.8 Å². The largest absolute Gasteiger partial charge is 0.494 e. The number of likely N-dealkylation sites (tertiary alicyclic amines) is 1. The molecule has 4 aromatic rings. The van der Waals surface area contributed by atoms with Crippen molar-refractivity contribution in [3.8, 4) is 5.75 Å². The van der Waals surface area contributed by atoms with E-state index in [1.807, 2.05) is 110 Å². The third-order valence-electron chi connectivity index (χ3n) is 9.57. The Morgan fingerprint density at radius 3 is 1.73 bits per heavy atom. The van der Waals surface area contributed by atoms with Crippen LogP contribution < -0.4 is 26.0 Å². The summed E-state index contributed by atoms with van der Waals surface area (Å²) in [7, 11) is 0. The van der Waals surface area contributed by atoms with Crippen molar-refractivity contribution >= 4 is 36.1 Å². The van der Waals surface area contributed by atoms with E-state index in [9.17, 15) is 24.0 Å². The molecule has 0 bridgehead atoms. The Morgan fingerprint density at radius 2 is 1.18 bits per heavy atom. The van der Waals surface area contributed by atoms with Gasteiger partial charge in [-0.05, 0) is 74.9 Å². The van der Waals surface area contributed by atoms with E-state index in [-0.39, 0.29) is 38.1 Å². The average molecular weight is 849 g/mol. The van der Waals surface area contributed by atoms with Crippen LogP contribution in [0.15, 0.2) is 120 Å². The Balaban J connectivity index is 1.26. The molecule has 15 heteroatoms. The maximum Gasteiger partial charge on any atom is 0.437 e. The van der Waals surface area contributed by atoms with E-state index in [0.29, 0.717) is 38.3 Å². The maximum absolute atomic E-state index is 14.1. The molecule has 62 heavy (non-hydrogen) atoms. The van der Waals surface area contributed by atoms with Gasteiger partial charge in [-0.15, -0.1) is 4.99 Å². The molecule has 0 saturated carbocycles. The first-order valence-corrected chi connectivity index (χ1v) is 20.7. The monoisotopic (exact) mass is 848 g/mol. The fraction of sp³-hybridized carbons (Fsp3) is 0.362. The number of carbonyl (C=O) groups excluding carboxylic acids is 5. The van der Waals surface area contributed by atoms with Gasteiger partial charge in [0.15, 0.2) is 0 Å². The van der Waals surface area contributed by atoms with E-state index >= 15 is 0 Å². The number of guanidine groups is 1. The molecule has 4 N–H and O–H groups in total. The summed E-state index contributed by atoms with van der Waals surface area (Å²) >= 11 is 0. The lowest BCUT2D eigenvalue weighted by Gasteiger charge is -2.34. The van der Waals surface area contributed by atoms with Gasteiger partial charge in [-0.1, -0.05) is 103 Å². The number of nitrogens with zero attached hydrogens (tertiary/aromatic N) is 2. The predicted octanol–water partition coefficient (Wildman–Crippen LogP) is 6.45. The molecular formula is C47H56N6O9. The van der Waals surface area contributed by atoms with Gasteiger partial charge in [0.25, 0.3) is 0 Å². The standard InChI is InChI=1S/C47H56N6O9/c1-5-59-38-23-21-34(22-24-38)30-40(50-46(58)62-47(2,3)4)42(55)49-39(29-33-15-9-6-10-16-33)41(54)48-37-25-27-53(28-26-37)43(51-44(56)60-31-35-17-11-7-12-18-35)52-45(57)61-32-36-19-13-8-14-20-36/h6-24,37,39-40H,5,25-32H2,1-4H3,(H,48,54)(H,49,55)(H,50,58)(H,51,52,56,57)/t39-,40?/m1/s1. The van der Waals surface area contributed by atoms with Crippen molar-refractivity contribution in [3.05, 3.63) is 138 Å². The summed E-state index contributed by atoms with van der Waals surface area (Å²) in [5, 5.41) is 11.3. The average Bonchev–Trinajstić information content (AvgIpc) is 3.25. The van der Waals surface area contributed by atoms with Crippen LogP contribution >= 0.6 is 0 Å². The van der Waals surface area contributed by atoms with Gasteiger partial charge >= 0.3 is 18.3 Å². The fourth-order valence-corrected chi connectivity index (χ4v) is 6.52. The van der Waals surface area contributed by atoms with Crippen molar-refractivity contribution in [2.45, 2.75) is 90.3 Å². The van der Waals surface area contributed by atoms with Crippen LogP contribution in [-0.4, -0.2) is 84.4 Å². The summed E-state index contributed by atoms with van der Waals surface area (Å²) in [6.45, 7) is 8.16. The van der Waals surface area contributed by atoms with Crippen LogP contribution in [0, 0.1) is 0 Å². The van der Waals surface area contributed by atoms with Crippen LogP contribution in [-0.2, 0) is 49.9 Å². The minimum atomic E-state index is -1.08. The first-order chi connectivity index (χ1) is 29.8. The molecule has 328 valence electrons. The van der Waals surface area contributed by atoms with Gasteiger partial charge in [-0.2, -0.15) is 0 Å². The molecule has 0 spiro atoms. The van der Waals surface area contributed by atoms with Crippen LogP contribution in [0.4, 0.5) is 14.4 Å². The van der Waals surface area contributed by atoms with Crippen molar-refractivity contribution in [2.75, 3.05) is 19.7 Å². The van der Waals surface area contributed by atoms with Crippen LogP contribution in [0.25, 0.3) is 0 Å². The number of aliphatic imine (C=N–C) groups is 1. The van der Waals surface area contributed by atoms with Gasteiger partial charge in [-0.3, -0.25) is 14.9 Å². The molecule has 1 saturated heterocycles. The number of carbonyl (C=O) groups is 5. The lowest BCUT2D eigenvalue weighted by Crippen LogP contribution is -2.57. The number of benzene rings is 4. The third-order valence-corrected chi connectivity index (χ3v) is 9.57. The number of nitrogens with one attached hydrogen (secondary N) is 4. The molecule has 1 fully saturated rings. The first kappa shape index (κ1) is 46.2. The smallest absolute Gasteiger partial charge is 0.437 e. The molecule has 1 heterocycles. The summed E-state index contributed by atoms with van der Waals surface area (Å²) in [4.78, 5) is 72.8. The molecule has 0 aromatic heterocycles. The zero-order valence-corrected chi connectivity index (χ0v) is 35.6. The topological polar surface area (TPSA) is 186 Å². The van der Waals surface area contributed by atoms with E-state index in [0.717, 1.165) is 22.3 Å². The lowest BCUT2D eigenvalue weighted by molar-refractivity contribution is -0.130.